The summed E-state index contributed by atoms with van der Waals surface area (Å²) in [5.74, 6) is -0.194. The topological polar surface area (TPSA) is 54.9 Å². The molecule has 0 saturated carbocycles. The van der Waals surface area contributed by atoms with E-state index in [0.29, 0.717) is 28.2 Å². The van der Waals surface area contributed by atoms with Gasteiger partial charge in [-0.25, -0.2) is 0 Å². The highest BCUT2D eigenvalue weighted by Gasteiger charge is 2.11. The Hall–Kier alpha value is -2.46. The number of carbonyl (C=O) groups is 1. The first-order valence-corrected chi connectivity index (χ1v) is 6.85. The van der Waals surface area contributed by atoms with Gasteiger partial charge in [0.05, 0.1) is 11.1 Å². The van der Waals surface area contributed by atoms with Gasteiger partial charge in [0.15, 0.2) is 0 Å². The minimum Gasteiger partial charge on any atom is -0.348 e. The van der Waals surface area contributed by atoms with Gasteiger partial charge in [0, 0.05) is 24.0 Å². The van der Waals surface area contributed by atoms with Crippen LogP contribution in [-0.2, 0) is 6.54 Å². The number of carbonyl (C=O) groups excluding carboxylic acids is 1. The molecule has 1 aromatic heterocycles. The molecule has 0 saturated heterocycles. The summed E-state index contributed by atoms with van der Waals surface area (Å²) < 4.78 is 0. The Morgan fingerprint density at radius 2 is 1.86 bits per heavy atom. The van der Waals surface area contributed by atoms with Crippen LogP contribution in [0.25, 0.3) is 11.0 Å². The van der Waals surface area contributed by atoms with Crippen molar-refractivity contribution in [2.24, 2.45) is 0 Å². The average molecular weight is 298 g/mol. The van der Waals surface area contributed by atoms with Crippen LogP contribution in [0.15, 0.2) is 54.9 Å². The number of halogens is 1. The van der Waals surface area contributed by atoms with Gasteiger partial charge in [0.25, 0.3) is 5.91 Å². The first-order valence-electron chi connectivity index (χ1n) is 6.47. The minimum atomic E-state index is -0.194. The molecule has 3 aromatic rings. The van der Waals surface area contributed by atoms with Crippen LogP contribution in [0.2, 0.25) is 5.02 Å². The number of para-hydroxylation sites is 1. The molecule has 21 heavy (non-hydrogen) atoms. The van der Waals surface area contributed by atoms with Crippen LogP contribution < -0.4 is 5.32 Å². The van der Waals surface area contributed by atoms with E-state index < -0.39 is 0 Å². The predicted octanol–water partition coefficient (Wildman–Crippen LogP) is 3.21. The number of rotatable bonds is 3. The highest BCUT2D eigenvalue weighted by molar-refractivity contribution is 6.31. The molecule has 0 fully saturated rings. The summed E-state index contributed by atoms with van der Waals surface area (Å²) >= 11 is 6.08. The van der Waals surface area contributed by atoms with Crippen LogP contribution in [0, 0.1) is 0 Å². The van der Waals surface area contributed by atoms with Gasteiger partial charge >= 0.3 is 0 Å². The molecule has 0 atom stereocenters. The first-order chi connectivity index (χ1) is 10.3. The maximum absolute atomic E-state index is 12.3. The van der Waals surface area contributed by atoms with E-state index in [-0.39, 0.29) is 5.91 Å². The Labute approximate surface area is 126 Å². The molecule has 5 heteroatoms. The van der Waals surface area contributed by atoms with E-state index in [0.717, 1.165) is 5.56 Å². The van der Waals surface area contributed by atoms with Gasteiger partial charge in [-0.15, -0.1) is 0 Å². The summed E-state index contributed by atoms with van der Waals surface area (Å²) in [5, 5.41) is 3.49. The van der Waals surface area contributed by atoms with Crippen molar-refractivity contribution in [3.05, 3.63) is 71.0 Å². The van der Waals surface area contributed by atoms with E-state index in [1.165, 1.54) is 0 Å². The fourth-order valence-electron chi connectivity index (χ4n) is 2.09. The fraction of sp³-hybridized carbons (Fsp3) is 0.0625. The molecule has 1 amide bonds. The highest BCUT2D eigenvalue weighted by atomic mass is 35.5. The van der Waals surface area contributed by atoms with Gasteiger partial charge in [-0.1, -0.05) is 35.9 Å². The predicted molar refractivity (Wildman–Crippen MR) is 82.2 cm³/mol. The van der Waals surface area contributed by atoms with Gasteiger partial charge in [-0.05, 0) is 23.8 Å². The molecule has 0 aliphatic carbocycles. The van der Waals surface area contributed by atoms with Crippen LogP contribution >= 0.6 is 11.6 Å². The molecule has 104 valence electrons. The standard InChI is InChI=1S/C16H12ClN3O/c17-13-6-2-1-4-11(13)10-20-16(21)12-5-3-7-14-15(12)19-9-8-18-14/h1-9H,10H2,(H,20,21). The number of fused-ring (bicyclic) bond motifs is 1. The molecule has 0 spiro atoms. The number of nitrogens with zero attached hydrogens (tertiary/aromatic N) is 2. The monoisotopic (exact) mass is 297 g/mol. The SMILES string of the molecule is O=C(NCc1ccccc1Cl)c1cccc2nccnc12. The lowest BCUT2D eigenvalue weighted by Crippen LogP contribution is -2.23. The molecular formula is C16H12ClN3O. The third kappa shape index (κ3) is 2.85. The number of hydrogen-bond donors (Lipinski definition) is 1. The van der Waals surface area contributed by atoms with Crippen LogP contribution in [-0.4, -0.2) is 15.9 Å². The Morgan fingerprint density at radius 1 is 1.05 bits per heavy atom. The van der Waals surface area contributed by atoms with Crippen LogP contribution in [0.4, 0.5) is 0 Å². The molecule has 0 aliphatic rings. The molecule has 1 heterocycles. The zero-order valence-electron chi connectivity index (χ0n) is 11.1. The second-order valence-corrected chi connectivity index (χ2v) is 4.91. The van der Waals surface area contributed by atoms with Gasteiger partial charge in [-0.3, -0.25) is 14.8 Å². The average Bonchev–Trinajstić information content (AvgIpc) is 2.53. The Balaban J connectivity index is 1.83. The van der Waals surface area contributed by atoms with Crippen molar-refractivity contribution in [3.8, 4) is 0 Å². The van der Waals surface area contributed by atoms with Gasteiger partial charge < -0.3 is 5.32 Å². The van der Waals surface area contributed by atoms with E-state index in [1.807, 2.05) is 24.3 Å². The largest absolute Gasteiger partial charge is 0.348 e. The molecule has 0 unspecified atom stereocenters. The lowest BCUT2D eigenvalue weighted by Gasteiger charge is -2.08. The molecular weight excluding hydrogens is 286 g/mol. The number of hydrogen-bond acceptors (Lipinski definition) is 3. The number of aromatic nitrogens is 2. The second kappa shape index (κ2) is 5.89. The van der Waals surface area contributed by atoms with Gasteiger partial charge in [0.1, 0.15) is 5.52 Å². The minimum absolute atomic E-state index is 0.194. The maximum atomic E-state index is 12.3. The Bertz CT molecular complexity index is 799. The Morgan fingerprint density at radius 3 is 2.71 bits per heavy atom. The number of benzene rings is 2. The zero-order valence-corrected chi connectivity index (χ0v) is 11.8. The Kier molecular flexibility index (Phi) is 3.79. The molecule has 0 bridgehead atoms. The molecule has 1 N–H and O–H groups in total. The normalized spacial score (nSPS) is 10.5. The van der Waals surface area contributed by atoms with E-state index in [2.05, 4.69) is 15.3 Å². The van der Waals surface area contributed by atoms with Crippen molar-refractivity contribution in [2.75, 3.05) is 0 Å². The fourth-order valence-corrected chi connectivity index (χ4v) is 2.29. The lowest BCUT2D eigenvalue weighted by molar-refractivity contribution is 0.0952. The van der Waals surface area contributed by atoms with E-state index in [4.69, 9.17) is 11.6 Å². The van der Waals surface area contributed by atoms with Gasteiger partial charge in [-0.2, -0.15) is 0 Å². The zero-order chi connectivity index (χ0) is 14.7. The van der Waals surface area contributed by atoms with Crippen molar-refractivity contribution in [3.63, 3.8) is 0 Å². The summed E-state index contributed by atoms with van der Waals surface area (Å²) in [6.07, 6.45) is 3.18. The number of nitrogens with one attached hydrogen (secondary N) is 1. The summed E-state index contributed by atoms with van der Waals surface area (Å²) in [7, 11) is 0. The van der Waals surface area contributed by atoms with Crippen molar-refractivity contribution < 1.29 is 4.79 Å². The summed E-state index contributed by atoms with van der Waals surface area (Å²) in [4.78, 5) is 20.7. The summed E-state index contributed by atoms with van der Waals surface area (Å²) in [6, 6.07) is 12.8. The molecule has 3 rings (SSSR count). The van der Waals surface area contributed by atoms with Gasteiger partial charge in [0.2, 0.25) is 0 Å². The third-order valence-corrected chi connectivity index (χ3v) is 3.51. The van der Waals surface area contributed by atoms with Crippen molar-refractivity contribution in [1.82, 2.24) is 15.3 Å². The quantitative estimate of drug-likeness (QED) is 0.807. The van der Waals surface area contributed by atoms with E-state index in [1.54, 1.807) is 30.6 Å². The summed E-state index contributed by atoms with van der Waals surface area (Å²) in [5.41, 5.74) is 2.67. The first kappa shape index (κ1) is 13.5. The van der Waals surface area contributed by atoms with Crippen LogP contribution in [0.3, 0.4) is 0 Å². The molecule has 0 radical (unpaired) electrons. The smallest absolute Gasteiger partial charge is 0.253 e. The lowest BCUT2D eigenvalue weighted by atomic mass is 10.1. The second-order valence-electron chi connectivity index (χ2n) is 4.50. The third-order valence-electron chi connectivity index (χ3n) is 3.14. The molecule has 4 nitrogen and oxygen atoms in total. The van der Waals surface area contributed by atoms with Crippen molar-refractivity contribution in [1.29, 1.82) is 0 Å². The van der Waals surface area contributed by atoms with E-state index in [9.17, 15) is 4.79 Å². The highest BCUT2D eigenvalue weighted by Crippen LogP contribution is 2.16. The van der Waals surface area contributed by atoms with Crippen LogP contribution in [0.5, 0.6) is 0 Å². The molecule has 0 aliphatic heterocycles. The number of amides is 1. The molecule has 2 aromatic carbocycles. The summed E-state index contributed by atoms with van der Waals surface area (Å²) in [6.45, 7) is 0.370. The maximum Gasteiger partial charge on any atom is 0.253 e. The van der Waals surface area contributed by atoms with Crippen LogP contribution in [0.1, 0.15) is 15.9 Å². The van der Waals surface area contributed by atoms with Crippen molar-refractivity contribution >= 4 is 28.5 Å². The van der Waals surface area contributed by atoms with E-state index >= 15 is 0 Å². The van der Waals surface area contributed by atoms with Crippen molar-refractivity contribution in [2.45, 2.75) is 6.54 Å².